The zero-order valence-corrected chi connectivity index (χ0v) is 15.7. The first-order chi connectivity index (χ1) is 11.3. The van der Waals surface area contributed by atoms with Gasteiger partial charge in [0.15, 0.2) is 5.78 Å². The number of fused-ring (bicyclic) bond motifs is 5. The fraction of sp³-hybridized carbons (Fsp3) is 0.773. The van der Waals surface area contributed by atoms with E-state index < -0.39 is 0 Å². The van der Waals surface area contributed by atoms with Gasteiger partial charge in [-0.25, -0.2) is 0 Å². The minimum absolute atomic E-state index is 0.106. The van der Waals surface area contributed by atoms with E-state index in [0.29, 0.717) is 11.8 Å². The largest absolute Gasteiger partial charge is 0.393 e. The first-order valence-electron chi connectivity index (χ1n) is 9.86. The summed E-state index contributed by atoms with van der Waals surface area (Å²) in [5.74, 6) is 2.37. The second kappa shape index (κ2) is 5.30. The molecule has 24 heavy (non-hydrogen) atoms. The lowest BCUT2D eigenvalue weighted by atomic mass is 9.46. The van der Waals surface area contributed by atoms with Gasteiger partial charge >= 0.3 is 0 Å². The van der Waals surface area contributed by atoms with Crippen molar-refractivity contribution in [1.29, 1.82) is 0 Å². The Kier molecular flexibility index (Phi) is 3.66. The number of ketones is 1. The molecule has 0 saturated heterocycles. The van der Waals surface area contributed by atoms with E-state index in [1.165, 1.54) is 18.4 Å². The van der Waals surface area contributed by atoms with E-state index in [9.17, 15) is 9.90 Å². The van der Waals surface area contributed by atoms with Gasteiger partial charge in [-0.3, -0.25) is 4.79 Å². The summed E-state index contributed by atoms with van der Waals surface area (Å²) >= 11 is 0. The molecule has 2 saturated carbocycles. The molecule has 4 aliphatic carbocycles. The topological polar surface area (TPSA) is 37.3 Å². The molecule has 0 aromatic carbocycles. The van der Waals surface area contributed by atoms with E-state index in [-0.39, 0.29) is 22.7 Å². The zero-order chi connectivity index (χ0) is 17.3. The number of carbonyl (C=O) groups is 1. The standard InChI is InChI=1S/C22H32O2/c1-13-11-16-18-6-5-17(14(2)23)21(18,3)10-8-19(16)22(4)9-7-15(24)12-20(13)22/h5,15-16,18-19,24H,6-12H2,1-4H3/t15-,16+,18+,19+,21+,22+/m0/s1. The summed E-state index contributed by atoms with van der Waals surface area (Å²) in [6.45, 7) is 8.89. The van der Waals surface area contributed by atoms with Crippen molar-refractivity contribution in [3.05, 3.63) is 22.8 Å². The van der Waals surface area contributed by atoms with Crippen LogP contribution >= 0.6 is 0 Å². The number of aliphatic hydroxyl groups excluding tert-OH is 1. The van der Waals surface area contributed by atoms with E-state index in [0.717, 1.165) is 43.6 Å². The number of hydrogen-bond donors (Lipinski definition) is 1. The summed E-state index contributed by atoms with van der Waals surface area (Å²) in [5, 5.41) is 10.2. The van der Waals surface area contributed by atoms with Gasteiger partial charge in [-0.05, 0) is 93.0 Å². The van der Waals surface area contributed by atoms with Gasteiger partial charge in [0.25, 0.3) is 0 Å². The summed E-state index contributed by atoms with van der Waals surface area (Å²) in [6, 6.07) is 0. The van der Waals surface area contributed by atoms with E-state index in [1.807, 2.05) is 0 Å². The molecule has 0 radical (unpaired) electrons. The van der Waals surface area contributed by atoms with Gasteiger partial charge in [-0.2, -0.15) is 0 Å². The molecule has 0 aliphatic heterocycles. The lowest BCUT2D eigenvalue weighted by molar-refractivity contribution is -0.115. The first-order valence-corrected chi connectivity index (χ1v) is 9.86. The van der Waals surface area contributed by atoms with Crippen molar-refractivity contribution in [3.63, 3.8) is 0 Å². The van der Waals surface area contributed by atoms with E-state index in [4.69, 9.17) is 0 Å². The van der Waals surface area contributed by atoms with E-state index in [2.05, 4.69) is 26.8 Å². The Morgan fingerprint density at radius 2 is 1.83 bits per heavy atom. The number of allylic oxidation sites excluding steroid dienone is 3. The highest BCUT2D eigenvalue weighted by Gasteiger charge is 2.57. The molecule has 0 bridgehead atoms. The van der Waals surface area contributed by atoms with Crippen LogP contribution in [0.15, 0.2) is 22.8 Å². The summed E-state index contributed by atoms with van der Waals surface area (Å²) in [4.78, 5) is 12.2. The van der Waals surface area contributed by atoms with Crippen LogP contribution in [0, 0.1) is 28.6 Å². The van der Waals surface area contributed by atoms with Crippen molar-refractivity contribution >= 4 is 5.78 Å². The van der Waals surface area contributed by atoms with Crippen LogP contribution in [-0.4, -0.2) is 17.0 Å². The molecule has 0 aromatic heterocycles. The van der Waals surface area contributed by atoms with Crippen molar-refractivity contribution in [2.75, 3.05) is 0 Å². The monoisotopic (exact) mass is 328 g/mol. The minimum Gasteiger partial charge on any atom is -0.393 e. The van der Waals surface area contributed by atoms with Crippen molar-refractivity contribution in [3.8, 4) is 0 Å². The Hall–Kier alpha value is -0.890. The Balaban J connectivity index is 1.71. The van der Waals surface area contributed by atoms with Gasteiger partial charge in [0.05, 0.1) is 6.10 Å². The molecule has 0 heterocycles. The summed E-state index contributed by atoms with van der Waals surface area (Å²) in [6.07, 6.45) is 9.79. The van der Waals surface area contributed by atoms with Gasteiger partial charge in [-0.1, -0.05) is 31.1 Å². The van der Waals surface area contributed by atoms with Gasteiger partial charge < -0.3 is 5.11 Å². The quantitative estimate of drug-likeness (QED) is 0.700. The SMILES string of the molecule is CC(=O)C1=CC[C@@H]2[C@H]3CC(C)=C4C[C@@H](O)CC[C@]4(C)[C@@H]3CC[C@]12C. The number of carbonyl (C=O) groups excluding carboxylic acids is 1. The third-order valence-electron chi connectivity index (χ3n) is 8.40. The van der Waals surface area contributed by atoms with Crippen LogP contribution in [-0.2, 0) is 4.79 Å². The molecule has 4 rings (SSSR count). The molecule has 4 aliphatic rings. The maximum atomic E-state index is 12.2. The highest BCUT2D eigenvalue weighted by Crippen LogP contribution is 2.66. The van der Waals surface area contributed by atoms with Crippen LogP contribution in [0.2, 0.25) is 0 Å². The zero-order valence-electron chi connectivity index (χ0n) is 15.7. The normalized spacial score (nSPS) is 47.6. The lowest BCUT2D eigenvalue weighted by Gasteiger charge is -2.58. The van der Waals surface area contributed by atoms with E-state index in [1.54, 1.807) is 12.5 Å². The summed E-state index contributed by atoms with van der Waals surface area (Å²) < 4.78 is 0. The van der Waals surface area contributed by atoms with Gasteiger partial charge in [0, 0.05) is 0 Å². The fourth-order valence-corrected chi connectivity index (χ4v) is 7.21. The van der Waals surface area contributed by atoms with Crippen LogP contribution in [0.1, 0.15) is 72.6 Å². The predicted octanol–water partition coefficient (Wildman–Crippen LogP) is 4.83. The first kappa shape index (κ1) is 16.6. The van der Waals surface area contributed by atoms with Crippen LogP contribution in [0.3, 0.4) is 0 Å². The maximum Gasteiger partial charge on any atom is 0.156 e. The molecule has 0 aromatic rings. The van der Waals surface area contributed by atoms with Crippen molar-refractivity contribution < 1.29 is 9.90 Å². The highest BCUT2D eigenvalue weighted by molar-refractivity contribution is 5.95. The third-order valence-corrected chi connectivity index (χ3v) is 8.40. The predicted molar refractivity (Wildman–Crippen MR) is 96.5 cm³/mol. The molecule has 0 amide bonds. The number of hydrogen-bond acceptors (Lipinski definition) is 2. The highest BCUT2D eigenvalue weighted by atomic mass is 16.3. The minimum atomic E-state index is -0.133. The second-order valence-corrected chi connectivity index (χ2v) is 9.52. The molecule has 2 heteroatoms. The molecular weight excluding hydrogens is 296 g/mol. The Bertz CT molecular complexity index is 642. The fourth-order valence-electron chi connectivity index (χ4n) is 7.21. The molecule has 0 unspecified atom stereocenters. The molecule has 2 fully saturated rings. The van der Waals surface area contributed by atoms with E-state index >= 15 is 0 Å². The molecule has 6 atom stereocenters. The Morgan fingerprint density at radius 1 is 1.12 bits per heavy atom. The van der Waals surface area contributed by atoms with Crippen molar-refractivity contribution in [2.45, 2.75) is 78.7 Å². The molecule has 0 spiro atoms. The summed E-state index contributed by atoms with van der Waals surface area (Å²) in [5.41, 5.74) is 4.62. The van der Waals surface area contributed by atoms with Crippen LogP contribution in [0.5, 0.6) is 0 Å². The lowest BCUT2D eigenvalue weighted by Crippen LogP contribution is -2.51. The van der Waals surface area contributed by atoms with Crippen LogP contribution < -0.4 is 0 Å². The average Bonchev–Trinajstić information content (AvgIpc) is 2.87. The second-order valence-electron chi connectivity index (χ2n) is 9.52. The molecule has 132 valence electrons. The number of aliphatic hydroxyl groups is 1. The van der Waals surface area contributed by atoms with Crippen LogP contribution in [0.25, 0.3) is 0 Å². The molecular formula is C22H32O2. The summed E-state index contributed by atoms with van der Waals surface area (Å²) in [7, 11) is 0. The van der Waals surface area contributed by atoms with Gasteiger partial charge in [-0.15, -0.1) is 0 Å². The van der Waals surface area contributed by atoms with Crippen molar-refractivity contribution in [1.82, 2.24) is 0 Å². The molecule has 1 N–H and O–H groups in total. The average molecular weight is 328 g/mol. The third kappa shape index (κ3) is 2.08. The van der Waals surface area contributed by atoms with Gasteiger partial charge in [0.2, 0.25) is 0 Å². The smallest absolute Gasteiger partial charge is 0.156 e. The van der Waals surface area contributed by atoms with Crippen molar-refractivity contribution in [2.24, 2.45) is 28.6 Å². The Morgan fingerprint density at radius 3 is 2.54 bits per heavy atom. The Labute approximate surface area is 146 Å². The maximum absolute atomic E-state index is 12.2. The van der Waals surface area contributed by atoms with Gasteiger partial charge in [0.1, 0.15) is 0 Å². The number of rotatable bonds is 1. The number of Topliss-reactive ketones (excluding diaryl/α,β-unsaturated/α-hetero) is 1. The molecule has 2 nitrogen and oxygen atoms in total. The van der Waals surface area contributed by atoms with Crippen LogP contribution in [0.4, 0.5) is 0 Å².